The molecule has 0 saturated carbocycles. The van der Waals surface area contributed by atoms with Crippen molar-refractivity contribution in [1.29, 1.82) is 0 Å². The molecule has 1 aromatic carbocycles. The zero-order chi connectivity index (χ0) is 13.5. The van der Waals surface area contributed by atoms with Crippen LogP contribution in [-0.4, -0.2) is 11.5 Å². The van der Waals surface area contributed by atoms with Gasteiger partial charge in [-0.25, -0.2) is 4.98 Å². The molecule has 0 aliphatic heterocycles. The summed E-state index contributed by atoms with van der Waals surface area (Å²) in [7, 11) is 0. The summed E-state index contributed by atoms with van der Waals surface area (Å²) in [5.41, 5.74) is 1.28. The van der Waals surface area contributed by atoms with Gasteiger partial charge in [0.25, 0.3) is 0 Å². The summed E-state index contributed by atoms with van der Waals surface area (Å²) in [4.78, 5) is 5.52. The van der Waals surface area contributed by atoms with Crippen LogP contribution in [0.15, 0.2) is 52.5 Å². The molecule has 0 aliphatic rings. The fourth-order valence-corrected chi connectivity index (χ4v) is 2.84. The van der Waals surface area contributed by atoms with E-state index in [4.69, 9.17) is 11.6 Å². The molecule has 0 unspecified atom stereocenters. The second kappa shape index (κ2) is 7.53. The number of hydrogen-bond acceptors (Lipinski definition) is 3. The van der Waals surface area contributed by atoms with Gasteiger partial charge in [-0.2, -0.15) is 0 Å². The molecule has 4 heteroatoms. The maximum atomic E-state index is 6.15. The molecule has 0 aliphatic carbocycles. The van der Waals surface area contributed by atoms with E-state index in [2.05, 4.69) is 35.4 Å². The fourth-order valence-electron chi connectivity index (χ4n) is 1.70. The highest BCUT2D eigenvalue weighted by molar-refractivity contribution is 7.99. The fraction of sp³-hybridized carbons (Fsp3) is 0.267. The maximum absolute atomic E-state index is 6.15. The minimum atomic E-state index is 0.698. The Kier molecular flexibility index (Phi) is 5.70. The Labute approximate surface area is 123 Å². The van der Waals surface area contributed by atoms with Crippen LogP contribution in [0.4, 0.5) is 0 Å². The van der Waals surface area contributed by atoms with Gasteiger partial charge in [0, 0.05) is 17.6 Å². The molecule has 0 fully saturated rings. The van der Waals surface area contributed by atoms with Gasteiger partial charge in [-0.3, -0.25) is 0 Å². The molecule has 0 atom stereocenters. The Hall–Kier alpha value is -1.03. The van der Waals surface area contributed by atoms with Crippen LogP contribution in [0.2, 0.25) is 5.02 Å². The number of benzene rings is 1. The van der Waals surface area contributed by atoms with E-state index in [0.717, 1.165) is 24.5 Å². The zero-order valence-electron chi connectivity index (χ0n) is 10.9. The number of aromatic nitrogens is 1. The summed E-state index contributed by atoms with van der Waals surface area (Å²) in [6.45, 7) is 4.08. The number of halogens is 1. The zero-order valence-corrected chi connectivity index (χ0v) is 12.5. The lowest BCUT2D eigenvalue weighted by Gasteiger charge is -2.10. The van der Waals surface area contributed by atoms with Crippen molar-refractivity contribution in [2.45, 2.75) is 29.8 Å². The highest BCUT2D eigenvalue weighted by atomic mass is 35.5. The topological polar surface area (TPSA) is 24.9 Å². The third kappa shape index (κ3) is 4.23. The minimum Gasteiger partial charge on any atom is -0.313 e. The minimum absolute atomic E-state index is 0.698. The van der Waals surface area contributed by atoms with Gasteiger partial charge >= 0.3 is 0 Å². The first-order chi connectivity index (χ1) is 9.31. The third-order valence-electron chi connectivity index (χ3n) is 2.65. The SMILES string of the molecule is CCCNCc1ccccc1Sc1ncccc1Cl. The highest BCUT2D eigenvalue weighted by Crippen LogP contribution is 2.33. The number of nitrogens with zero attached hydrogens (tertiary/aromatic N) is 1. The average Bonchev–Trinajstić information content (AvgIpc) is 2.43. The normalized spacial score (nSPS) is 10.6. The van der Waals surface area contributed by atoms with Crippen LogP contribution < -0.4 is 5.32 Å². The molecule has 2 nitrogen and oxygen atoms in total. The van der Waals surface area contributed by atoms with Crippen molar-refractivity contribution in [3.05, 3.63) is 53.2 Å². The summed E-state index contributed by atoms with van der Waals surface area (Å²) in [5.74, 6) is 0. The van der Waals surface area contributed by atoms with Crippen molar-refractivity contribution in [3.63, 3.8) is 0 Å². The van der Waals surface area contributed by atoms with Crippen molar-refractivity contribution < 1.29 is 0 Å². The van der Waals surface area contributed by atoms with Crippen molar-refractivity contribution in [3.8, 4) is 0 Å². The third-order valence-corrected chi connectivity index (χ3v) is 4.20. The number of hydrogen-bond donors (Lipinski definition) is 1. The molecule has 0 amide bonds. The second-order valence-corrected chi connectivity index (χ2v) is 5.61. The van der Waals surface area contributed by atoms with Gasteiger partial charge < -0.3 is 5.32 Å². The van der Waals surface area contributed by atoms with Gasteiger partial charge in [-0.1, -0.05) is 48.5 Å². The molecule has 2 rings (SSSR count). The van der Waals surface area contributed by atoms with E-state index < -0.39 is 0 Å². The van der Waals surface area contributed by atoms with Gasteiger partial charge in [0.2, 0.25) is 0 Å². The van der Waals surface area contributed by atoms with E-state index in [-0.39, 0.29) is 0 Å². The van der Waals surface area contributed by atoms with Gasteiger partial charge in [0.15, 0.2) is 0 Å². The molecule has 1 N–H and O–H groups in total. The number of nitrogens with one attached hydrogen (secondary N) is 1. The van der Waals surface area contributed by atoms with E-state index in [1.807, 2.05) is 18.2 Å². The summed E-state index contributed by atoms with van der Waals surface area (Å²) in [5, 5.41) is 4.98. The first-order valence-electron chi connectivity index (χ1n) is 6.38. The van der Waals surface area contributed by atoms with Crippen LogP contribution in [-0.2, 0) is 6.54 Å². The Bertz CT molecular complexity index is 531. The molecular weight excluding hydrogens is 276 g/mol. The second-order valence-electron chi connectivity index (χ2n) is 4.18. The Balaban J connectivity index is 2.13. The maximum Gasteiger partial charge on any atom is 0.119 e. The largest absolute Gasteiger partial charge is 0.313 e. The molecule has 100 valence electrons. The first-order valence-corrected chi connectivity index (χ1v) is 7.57. The van der Waals surface area contributed by atoms with Crippen molar-refractivity contribution >= 4 is 23.4 Å². The molecule has 0 saturated heterocycles. The van der Waals surface area contributed by atoms with Crippen LogP contribution in [0.25, 0.3) is 0 Å². The summed E-state index contributed by atoms with van der Waals surface area (Å²) in [6, 6.07) is 12.1. The Morgan fingerprint density at radius 1 is 1.21 bits per heavy atom. The molecular formula is C15H17ClN2S. The van der Waals surface area contributed by atoms with Crippen LogP contribution in [0.5, 0.6) is 0 Å². The van der Waals surface area contributed by atoms with E-state index in [9.17, 15) is 0 Å². The summed E-state index contributed by atoms with van der Waals surface area (Å²) < 4.78 is 0. The van der Waals surface area contributed by atoms with E-state index in [0.29, 0.717) is 5.02 Å². The van der Waals surface area contributed by atoms with E-state index >= 15 is 0 Å². The average molecular weight is 293 g/mol. The van der Waals surface area contributed by atoms with E-state index in [1.54, 1.807) is 18.0 Å². The smallest absolute Gasteiger partial charge is 0.119 e. The Morgan fingerprint density at radius 3 is 2.84 bits per heavy atom. The van der Waals surface area contributed by atoms with Crippen molar-refractivity contribution in [2.24, 2.45) is 0 Å². The predicted octanol–water partition coefficient (Wildman–Crippen LogP) is 4.39. The quantitative estimate of drug-likeness (QED) is 0.800. The molecule has 1 aromatic heterocycles. The standard InChI is InChI=1S/C15H17ClN2S/c1-2-9-17-11-12-6-3-4-8-14(12)19-15-13(16)7-5-10-18-15/h3-8,10,17H,2,9,11H2,1H3. The van der Waals surface area contributed by atoms with Crippen LogP contribution in [0, 0.1) is 0 Å². The van der Waals surface area contributed by atoms with E-state index in [1.165, 1.54) is 10.5 Å². The van der Waals surface area contributed by atoms with Crippen LogP contribution >= 0.6 is 23.4 Å². The first kappa shape index (κ1) is 14.4. The lowest BCUT2D eigenvalue weighted by Crippen LogP contribution is -2.14. The van der Waals surface area contributed by atoms with Gasteiger partial charge in [0.05, 0.1) is 5.02 Å². The number of rotatable bonds is 6. The van der Waals surface area contributed by atoms with Crippen molar-refractivity contribution in [2.75, 3.05) is 6.54 Å². The molecule has 0 bridgehead atoms. The number of pyridine rings is 1. The summed E-state index contributed by atoms with van der Waals surface area (Å²) >= 11 is 7.77. The van der Waals surface area contributed by atoms with Gasteiger partial charge in [-0.15, -0.1) is 0 Å². The highest BCUT2D eigenvalue weighted by Gasteiger charge is 2.07. The predicted molar refractivity (Wildman–Crippen MR) is 81.8 cm³/mol. The lowest BCUT2D eigenvalue weighted by molar-refractivity contribution is 0.669. The monoisotopic (exact) mass is 292 g/mol. The van der Waals surface area contributed by atoms with Crippen LogP contribution in [0.3, 0.4) is 0 Å². The lowest BCUT2D eigenvalue weighted by atomic mass is 10.2. The molecule has 1 heterocycles. The Morgan fingerprint density at radius 2 is 2.05 bits per heavy atom. The van der Waals surface area contributed by atoms with Gasteiger partial charge in [0.1, 0.15) is 5.03 Å². The molecule has 19 heavy (non-hydrogen) atoms. The molecule has 0 radical (unpaired) electrons. The van der Waals surface area contributed by atoms with Gasteiger partial charge in [-0.05, 0) is 36.7 Å². The van der Waals surface area contributed by atoms with Crippen LogP contribution in [0.1, 0.15) is 18.9 Å². The molecule has 0 spiro atoms. The van der Waals surface area contributed by atoms with Crippen molar-refractivity contribution in [1.82, 2.24) is 10.3 Å². The summed E-state index contributed by atoms with van der Waals surface area (Å²) in [6.07, 6.45) is 2.91. The molecule has 2 aromatic rings.